The Kier molecular flexibility index (Phi) is 3.39. The molecule has 21 heavy (non-hydrogen) atoms. The van der Waals surface area contributed by atoms with Crippen molar-refractivity contribution in [1.82, 2.24) is 5.43 Å². The normalized spacial score (nSPS) is 10.3. The Labute approximate surface area is 120 Å². The SMILES string of the molecule is O=C(NNc1coc(=O)c2ccccc12)c1ccccc1. The summed E-state index contributed by atoms with van der Waals surface area (Å²) in [6.07, 6.45) is 1.29. The van der Waals surface area contributed by atoms with E-state index in [4.69, 9.17) is 4.42 Å². The minimum absolute atomic E-state index is 0.272. The molecule has 3 rings (SSSR count). The van der Waals surface area contributed by atoms with Crippen molar-refractivity contribution in [3.8, 4) is 0 Å². The van der Waals surface area contributed by atoms with E-state index in [0.29, 0.717) is 22.0 Å². The van der Waals surface area contributed by atoms with E-state index in [2.05, 4.69) is 10.9 Å². The second-order valence-corrected chi connectivity index (χ2v) is 4.43. The van der Waals surface area contributed by atoms with E-state index >= 15 is 0 Å². The highest BCUT2D eigenvalue weighted by atomic mass is 16.4. The number of hydrazine groups is 1. The Morgan fingerprint density at radius 1 is 0.905 bits per heavy atom. The summed E-state index contributed by atoms with van der Waals surface area (Å²) in [6, 6.07) is 15.8. The first kappa shape index (κ1) is 12.9. The maximum absolute atomic E-state index is 12.0. The standard InChI is InChI=1S/C16H12N2O3/c19-15(11-6-2-1-3-7-11)18-17-14-10-21-16(20)13-9-5-4-8-12(13)14/h1-10,17H,(H,18,19). The molecule has 0 atom stereocenters. The third-order valence-electron chi connectivity index (χ3n) is 3.07. The summed E-state index contributed by atoms with van der Waals surface area (Å²) >= 11 is 0. The molecule has 0 bridgehead atoms. The van der Waals surface area contributed by atoms with Gasteiger partial charge in [-0.05, 0) is 18.2 Å². The Bertz CT molecular complexity index is 841. The van der Waals surface area contributed by atoms with Crippen molar-refractivity contribution in [3.63, 3.8) is 0 Å². The molecule has 0 spiro atoms. The van der Waals surface area contributed by atoms with E-state index < -0.39 is 5.63 Å². The van der Waals surface area contributed by atoms with Gasteiger partial charge < -0.3 is 4.42 Å². The second kappa shape index (κ2) is 5.50. The first-order valence-electron chi connectivity index (χ1n) is 6.37. The molecule has 1 aromatic heterocycles. The quantitative estimate of drug-likeness (QED) is 0.723. The van der Waals surface area contributed by atoms with Crippen molar-refractivity contribution in [2.45, 2.75) is 0 Å². The van der Waals surface area contributed by atoms with Crippen molar-refractivity contribution < 1.29 is 9.21 Å². The van der Waals surface area contributed by atoms with Crippen LogP contribution in [0.25, 0.3) is 10.8 Å². The molecule has 5 heteroatoms. The summed E-state index contributed by atoms with van der Waals surface area (Å²) in [5, 5.41) is 1.14. The van der Waals surface area contributed by atoms with Crippen molar-refractivity contribution in [3.05, 3.63) is 76.8 Å². The summed E-state index contributed by atoms with van der Waals surface area (Å²) in [5.41, 5.74) is 6.00. The lowest BCUT2D eigenvalue weighted by Gasteiger charge is -2.10. The number of fused-ring (bicyclic) bond motifs is 1. The molecule has 0 saturated heterocycles. The van der Waals surface area contributed by atoms with Gasteiger partial charge in [-0.15, -0.1) is 0 Å². The lowest BCUT2D eigenvalue weighted by atomic mass is 10.1. The number of benzene rings is 2. The van der Waals surface area contributed by atoms with E-state index in [9.17, 15) is 9.59 Å². The first-order chi connectivity index (χ1) is 10.3. The molecule has 0 aliphatic rings. The van der Waals surface area contributed by atoms with Gasteiger partial charge in [0.2, 0.25) is 0 Å². The molecule has 0 aliphatic carbocycles. The van der Waals surface area contributed by atoms with Gasteiger partial charge in [0, 0.05) is 10.9 Å². The number of hydrogen-bond donors (Lipinski definition) is 2. The maximum atomic E-state index is 12.0. The van der Waals surface area contributed by atoms with Crippen LogP contribution in [0.2, 0.25) is 0 Å². The van der Waals surface area contributed by atoms with Gasteiger partial charge in [-0.1, -0.05) is 36.4 Å². The highest BCUT2D eigenvalue weighted by Crippen LogP contribution is 2.19. The van der Waals surface area contributed by atoms with Gasteiger partial charge in [0.1, 0.15) is 6.26 Å². The molecule has 0 radical (unpaired) electrons. The number of carbonyl (C=O) groups excluding carboxylic acids is 1. The lowest BCUT2D eigenvalue weighted by Crippen LogP contribution is -2.29. The van der Waals surface area contributed by atoms with Crippen LogP contribution in [0.5, 0.6) is 0 Å². The molecule has 104 valence electrons. The molecule has 3 aromatic rings. The summed E-state index contributed by atoms with van der Waals surface area (Å²) in [7, 11) is 0. The monoisotopic (exact) mass is 280 g/mol. The van der Waals surface area contributed by atoms with E-state index in [0.717, 1.165) is 0 Å². The number of amides is 1. The topological polar surface area (TPSA) is 71.3 Å². The smallest absolute Gasteiger partial charge is 0.343 e. The van der Waals surface area contributed by atoms with Crippen LogP contribution in [-0.2, 0) is 0 Å². The predicted molar refractivity (Wildman–Crippen MR) is 80.0 cm³/mol. The molecule has 0 aliphatic heterocycles. The predicted octanol–water partition coefficient (Wildman–Crippen LogP) is 2.55. The van der Waals surface area contributed by atoms with Crippen LogP contribution in [0.4, 0.5) is 5.69 Å². The summed E-state index contributed by atoms with van der Waals surface area (Å²) in [6.45, 7) is 0. The number of nitrogens with one attached hydrogen (secondary N) is 2. The fraction of sp³-hybridized carbons (Fsp3) is 0. The van der Waals surface area contributed by atoms with E-state index in [1.54, 1.807) is 42.5 Å². The average Bonchev–Trinajstić information content (AvgIpc) is 2.55. The van der Waals surface area contributed by atoms with Crippen LogP contribution in [-0.4, -0.2) is 5.91 Å². The van der Waals surface area contributed by atoms with Gasteiger partial charge in [0.05, 0.1) is 11.1 Å². The lowest BCUT2D eigenvalue weighted by molar-refractivity contribution is 0.0962. The highest BCUT2D eigenvalue weighted by molar-refractivity contribution is 5.97. The van der Waals surface area contributed by atoms with Crippen LogP contribution in [0.3, 0.4) is 0 Å². The van der Waals surface area contributed by atoms with E-state index in [-0.39, 0.29) is 5.91 Å². The highest BCUT2D eigenvalue weighted by Gasteiger charge is 2.08. The zero-order chi connectivity index (χ0) is 14.7. The zero-order valence-electron chi connectivity index (χ0n) is 11.0. The molecule has 5 nitrogen and oxygen atoms in total. The van der Waals surface area contributed by atoms with Crippen LogP contribution in [0, 0.1) is 0 Å². The van der Waals surface area contributed by atoms with Gasteiger partial charge >= 0.3 is 5.63 Å². The number of rotatable bonds is 3. The van der Waals surface area contributed by atoms with Crippen molar-refractivity contribution >= 4 is 22.4 Å². The zero-order valence-corrected chi connectivity index (χ0v) is 11.0. The fourth-order valence-electron chi connectivity index (χ4n) is 2.02. The third kappa shape index (κ3) is 2.62. The Morgan fingerprint density at radius 3 is 2.33 bits per heavy atom. The van der Waals surface area contributed by atoms with Crippen LogP contribution in [0.1, 0.15) is 10.4 Å². The van der Waals surface area contributed by atoms with Gasteiger partial charge in [0.25, 0.3) is 5.91 Å². The van der Waals surface area contributed by atoms with Crippen LogP contribution in [0.15, 0.2) is 70.1 Å². The van der Waals surface area contributed by atoms with E-state index in [1.807, 2.05) is 12.1 Å². The van der Waals surface area contributed by atoms with Crippen molar-refractivity contribution in [1.29, 1.82) is 0 Å². The Morgan fingerprint density at radius 2 is 1.57 bits per heavy atom. The van der Waals surface area contributed by atoms with Gasteiger partial charge in [-0.3, -0.25) is 15.6 Å². The summed E-state index contributed by atoms with van der Waals surface area (Å²) in [5.74, 6) is -0.272. The molecule has 0 fully saturated rings. The molecule has 2 aromatic carbocycles. The molecule has 1 amide bonds. The van der Waals surface area contributed by atoms with Gasteiger partial charge in [-0.25, -0.2) is 4.79 Å². The summed E-state index contributed by atoms with van der Waals surface area (Å²) in [4.78, 5) is 23.6. The largest absolute Gasteiger partial charge is 0.429 e. The van der Waals surface area contributed by atoms with Gasteiger partial charge in [0.15, 0.2) is 0 Å². The van der Waals surface area contributed by atoms with Crippen LogP contribution < -0.4 is 16.5 Å². The molecule has 0 saturated carbocycles. The van der Waals surface area contributed by atoms with Gasteiger partial charge in [-0.2, -0.15) is 0 Å². The minimum Gasteiger partial charge on any atom is -0.429 e. The third-order valence-corrected chi connectivity index (χ3v) is 3.07. The number of hydrogen-bond acceptors (Lipinski definition) is 4. The van der Waals surface area contributed by atoms with E-state index in [1.165, 1.54) is 6.26 Å². The second-order valence-electron chi connectivity index (χ2n) is 4.43. The molecule has 0 unspecified atom stereocenters. The number of carbonyl (C=O) groups is 1. The minimum atomic E-state index is -0.412. The fourth-order valence-corrected chi connectivity index (χ4v) is 2.02. The molecular weight excluding hydrogens is 268 g/mol. The molecular formula is C16H12N2O3. The maximum Gasteiger partial charge on any atom is 0.343 e. The Balaban J connectivity index is 1.85. The van der Waals surface area contributed by atoms with Crippen molar-refractivity contribution in [2.24, 2.45) is 0 Å². The van der Waals surface area contributed by atoms with Crippen molar-refractivity contribution in [2.75, 3.05) is 5.43 Å². The molecule has 1 heterocycles. The van der Waals surface area contributed by atoms with Crippen LogP contribution >= 0.6 is 0 Å². The average molecular weight is 280 g/mol. The summed E-state index contributed by atoms with van der Waals surface area (Å²) < 4.78 is 4.94. The Hall–Kier alpha value is -3.08. The molecule has 2 N–H and O–H groups in total. The number of anilines is 1. The first-order valence-corrected chi connectivity index (χ1v) is 6.37.